The predicted molar refractivity (Wildman–Crippen MR) is 65.6 cm³/mol. The van der Waals surface area contributed by atoms with Gasteiger partial charge in [-0.2, -0.15) is 16.9 Å². The fourth-order valence-electron chi connectivity index (χ4n) is 1.28. The van der Waals surface area contributed by atoms with Gasteiger partial charge < -0.3 is 10.5 Å². The molecule has 2 N–H and O–H groups in total. The molecular weight excluding hydrogens is 226 g/mol. The van der Waals surface area contributed by atoms with E-state index in [2.05, 4.69) is 16.8 Å². The minimum Gasteiger partial charge on any atom is -0.464 e. The molecule has 0 aliphatic heterocycles. The molecule has 0 radical (unpaired) electrons. The number of nitrogens with two attached hydrogens (primary N) is 1. The third-order valence-corrected chi connectivity index (χ3v) is 3.03. The highest BCUT2D eigenvalue weighted by molar-refractivity contribution is 7.99. The SMILES string of the molecule is CCSCCCn1cc(N)c(C(=O)OC)n1. The molecular formula is C10H17N3O2S. The van der Waals surface area contributed by atoms with Crippen molar-refractivity contribution >= 4 is 23.4 Å². The summed E-state index contributed by atoms with van der Waals surface area (Å²) in [6.07, 6.45) is 2.68. The number of aromatic nitrogens is 2. The van der Waals surface area contributed by atoms with Crippen molar-refractivity contribution in [1.29, 1.82) is 0 Å². The number of hydrogen-bond acceptors (Lipinski definition) is 5. The second-order valence-corrected chi connectivity index (χ2v) is 4.63. The van der Waals surface area contributed by atoms with Crippen molar-refractivity contribution in [2.45, 2.75) is 19.9 Å². The maximum Gasteiger partial charge on any atom is 0.360 e. The highest BCUT2D eigenvalue weighted by Gasteiger charge is 2.14. The largest absolute Gasteiger partial charge is 0.464 e. The van der Waals surface area contributed by atoms with Crippen LogP contribution in [0.25, 0.3) is 0 Å². The van der Waals surface area contributed by atoms with E-state index in [1.807, 2.05) is 11.8 Å². The van der Waals surface area contributed by atoms with Gasteiger partial charge in [0, 0.05) is 12.7 Å². The minimum atomic E-state index is -0.487. The number of nitrogens with zero attached hydrogens (tertiary/aromatic N) is 2. The van der Waals surface area contributed by atoms with Crippen LogP contribution < -0.4 is 5.73 Å². The zero-order chi connectivity index (χ0) is 12.0. The van der Waals surface area contributed by atoms with Gasteiger partial charge in [0.25, 0.3) is 0 Å². The normalized spacial score (nSPS) is 10.4. The number of hydrogen-bond donors (Lipinski definition) is 1. The lowest BCUT2D eigenvalue weighted by molar-refractivity contribution is 0.0594. The van der Waals surface area contributed by atoms with Crippen LogP contribution in [0.15, 0.2) is 6.20 Å². The molecule has 90 valence electrons. The summed E-state index contributed by atoms with van der Waals surface area (Å²) < 4.78 is 6.27. The Hall–Kier alpha value is -1.17. The van der Waals surface area contributed by atoms with Gasteiger partial charge in [0.1, 0.15) is 0 Å². The Kier molecular flexibility index (Phi) is 5.18. The van der Waals surface area contributed by atoms with Crippen LogP contribution in [0.2, 0.25) is 0 Å². The molecule has 1 rings (SSSR count). The number of carbonyl (C=O) groups excluding carboxylic acids is 1. The lowest BCUT2D eigenvalue weighted by Gasteiger charge is -2.00. The first-order valence-electron chi connectivity index (χ1n) is 5.18. The van der Waals surface area contributed by atoms with Gasteiger partial charge in [0.05, 0.1) is 12.8 Å². The fraction of sp³-hybridized carbons (Fsp3) is 0.600. The second kappa shape index (κ2) is 6.42. The molecule has 0 aliphatic carbocycles. The van der Waals surface area contributed by atoms with E-state index in [0.29, 0.717) is 5.69 Å². The van der Waals surface area contributed by atoms with E-state index in [0.717, 1.165) is 24.5 Å². The number of anilines is 1. The molecule has 16 heavy (non-hydrogen) atoms. The number of ether oxygens (including phenoxy) is 1. The van der Waals surface area contributed by atoms with Gasteiger partial charge in [0.2, 0.25) is 0 Å². The number of nitrogen functional groups attached to an aromatic ring is 1. The third kappa shape index (κ3) is 3.44. The summed E-state index contributed by atoms with van der Waals surface area (Å²) in [5.74, 6) is 1.72. The summed E-state index contributed by atoms with van der Waals surface area (Å²) in [6.45, 7) is 2.90. The van der Waals surface area contributed by atoms with E-state index in [1.165, 1.54) is 7.11 Å². The Balaban J connectivity index is 2.52. The molecule has 0 aromatic carbocycles. The summed E-state index contributed by atoms with van der Waals surface area (Å²) in [5, 5.41) is 4.09. The smallest absolute Gasteiger partial charge is 0.360 e. The van der Waals surface area contributed by atoms with E-state index in [1.54, 1.807) is 10.9 Å². The van der Waals surface area contributed by atoms with Crippen LogP contribution in [0.4, 0.5) is 5.69 Å². The monoisotopic (exact) mass is 243 g/mol. The third-order valence-electron chi connectivity index (χ3n) is 2.05. The molecule has 1 aromatic rings. The van der Waals surface area contributed by atoms with Crippen molar-refractivity contribution in [1.82, 2.24) is 9.78 Å². The molecule has 0 aliphatic rings. The van der Waals surface area contributed by atoms with Gasteiger partial charge in [-0.25, -0.2) is 4.79 Å². The van der Waals surface area contributed by atoms with Crippen LogP contribution in [-0.4, -0.2) is 34.4 Å². The number of aryl methyl sites for hydroxylation is 1. The molecule has 0 amide bonds. The predicted octanol–water partition coefficient (Wildman–Crippen LogP) is 1.40. The molecule has 0 fully saturated rings. The first kappa shape index (κ1) is 12.9. The average molecular weight is 243 g/mol. The zero-order valence-corrected chi connectivity index (χ0v) is 10.4. The quantitative estimate of drug-likeness (QED) is 0.604. The second-order valence-electron chi connectivity index (χ2n) is 3.24. The van der Waals surface area contributed by atoms with Crippen LogP contribution >= 0.6 is 11.8 Å². The molecule has 0 spiro atoms. The van der Waals surface area contributed by atoms with Gasteiger partial charge in [-0.15, -0.1) is 0 Å². The summed E-state index contributed by atoms with van der Waals surface area (Å²) in [6, 6.07) is 0. The molecule has 1 aromatic heterocycles. The van der Waals surface area contributed by atoms with Crippen molar-refractivity contribution in [2.24, 2.45) is 0 Å². The lowest BCUT2D eigenvalue weighted by atomic mass is 10.4. The zero-order valence-electron chi connectivity index (χ0n) is 9.60. The molecule has 0 bridgehead atoms. The molecule has 0 atom stereocenters. The van der Waals surface area contributed by atoms with Gasteiger partial charge in [-0.3, -0.25) is 4.68 Å². The van der Waals surface area contributed by atoms with Crippen molar-refractivity contribution in [3.63, 3.8) is 0 Å². The van der Waals surface area contributed by atoms with Crippen LogP contribution in [-0.2, 0) is 11.3 Å². The van der Waals surface area contributed by atoms with Crippen molar-refractivity contribution < 1.29 is 9.53 Å². The summed E-state index contributed by atoms with van der Waals surface area (Å²) in [5.41, 5.74) is 6.23. The molecule has 6 heteroatoms. The van der Waals surface area contributed by atoms with Crippen molar-refractivity contribution in [3.8, 4) is 0 Å². The first-order chi connectivity index (χ1) is 7.69. The Labute approximate surface area is 99.3 Å². The fourth-order valence-corrected chi connectivity index (χ4v) is 1.90. The summed E-state index contributed by atoms with van der Waals surface area (Å²) >= 11 is 1.89. The molecule has 0 unspecified atom stereocenters. The maximum absolute atomic E-state index is 11.2. The average Bonchev–Trinajstić information content (AvgIpc) is 2.65. The van der Waals surface area contributed by atoms with E-state index in [9.17, 15) is 4.79 Å². The molecule has 1 heterocycles. The van der Waals surface area contributed by atoms with E-state index >= 15 is 0 Å². The first-order valence-corrected chi connectivity index (χ1v) is 6.33. The maximum atomic E-state index is 11.2. The van der Waals surface area contributed by atoms with Crippen LogP contribution in [0.3, 0.4) is 0 Å². The molecule has 0 saturated heterocycles. The van der Waals surface area contributed by atoms with Gasteiger partial charge in [0.15, 0.2) is 5.69 Å². The molecule has 0 saturated carbocycles. The van der Waals surface area contributed by atoms with Crippen molar-refractivity contribution in [3.05, 3.63) is 11.9 Å². The Morgan fingerprint density at radius 1 is 1.69 bits per heavy atom. The number of esters is 1. The number of thioether (sulfide) groups is 1. The van der Waals surface area contributed by atoms with Crippen LogP contribution in [0.5, 0.6) is 0 Å². The molecule has 5 nitrogen and oxygen atoms in total. The number of carbonyl (C=O) groups is 1. The number of methoxy groups -OCH3 is 1. The Morgan fingerprint density at radius 2 is 2.44 bits per heavy atom. The Bertz CT molecular complexity index is 352. The summed E-state index contributed by atoms with van der Waals surface area (Å²) in [7, 11) is 1.32. The van der Waals surface area contributed by atoms with E-state index in [4.69, 9.17) is 5.73 Å². The summed E-state index contributed by atoms with van der Waals surface area (Å²) in [4.78, 5) is 11.2. The standard InChI is InChI=1S/C10H17N3O2S/c1-3-16-6-4-5-13-7-8(11)9(12-13)10(14)15-2/h7H,3-6,11H2,1-2H3. The topological polar surface area (TPSA) is 70.1 Å². The highest BCUT2D eigenvalue weighted by atomic mass is 32.2. The van der Waals surface area contributed by atoms with Crippen LogP contribution in [0, 0.1) is 0 Å². The highest BCUT2D eigenvalue weighted by Crippen LogP contribution is 2.11. The van der Waals surface area contributed by atoms with Gasteiger partial charge in [-0.05, 0) is 17.9 Å². The van der Waals surface area contributed by atoms with E-state index < -0.39 is 5.97 Å². The van der Waals surface area contributed by atoms with Gasteiger partial charge in [-0.1, -0.05) is 6.92 Å². The minimum absolute atomic E-state index is 0.200. The van der Waals surface area contributed by atoms with E-state index in [-0.39, 0.29) is 5.69 Å². The van der Waals surface area contributed by atoms with Crippen molar-refractivity contribution in [2.75, 3.05) is 24.3 Å². The lowest BCUT2D eigenvalue weighted by Crippen LogP contribution is -2.07. The number of rotatable bonds is 6. The van der Waals surface area contributed by atoms with Crippen LogP contribution in [0.1, 0.15) is 23.8 Å². The Morgan fingerprint density at radius 3 is 3.06 bits per heavy atom. The van der Waals surface area contributed by atoms with Gasteiger partial charge >= 0.3 is 5.97 Å².